The largest absolute Gasteiger partial charge is 0.383 e. The number of nitrogens with zero attached hydrogens (tertiary/aromatic N) is 4. The summed E-state index contributed by atoms with van der Waals surface area (Å²) in [5.41, 5.74) is 6.01. The predicted octanol–water partition coefficient (Wildman–Crippen LogP) is 2.17. The Balaban J connectivity index is 0.00000208. The molecule has 2 aromatic rings. The third-order valence-electron chi connectivity index (χ3n) is 3.99. The van der Waals surface area contributed by atoms with Crippen molar-refractivity contribution in [2.24, 2.45) is 10.7 Å². The van der Waals surface area contributed by atoms with Crippen LogP contribution in [0.3, 0.4) is 0 Å². The van der Waals surface area contributed by atoms with E-state index in [0.29, 0.717) is 5.96 Å². The highest BCUT2D eigenvalue weighted by molar-refractivity contribution is 14.0. The summed E-state index contributed by atoms with van der Waals surface area (Å²) in [6, 6.07) is 1.92. The maximum absolute atomic E-state index is 10.5. The molecule has 0 saturated carbocycles. The van der Waals surface area contributed by atoms with Gasteiger partial charge in [-0.25, -0.2) is 9.98 Å². The SMILES string of the molecule is CC(O)(CN=C(N)N1CCN(c2nccs2)CC1)c1ccsc1.I. The lowest BCUT2D eigenvalue weighted by Gasteiger charge is -2.35. The molecule has 1 atom stereocenters. The second-order valence-corrected chi connectivity index (χ2v) is 7.40. The lowest BCUT2D eigenvalue weighted by atomic mass is 10.00. The number of aromatic nitrogens is 1. The molecule has 0 aliphatic carbocycles. The number of thiazole rings is 1. The van der Waals surface area contributed by atoms with E-state index in [0.717, 1.165) is 36.9 Å². The quantitative estimate of drug-likeness (QED) is 0.400. The molecule has 0 radical (unpaired) electrons. The molecule has 0 aromatic carbocycles. The summed E-state index contributed by atoms with van der Waals surface area (Å²) in [4.78, 5) is 13.1. The number of halogens is 1. The number of thiophene rings is 1. The summed E-state index contributed by atoms with van der Waals surface area (Å²) in [6.07, 6.45) is 1.83. The molecule has 3 heterocycles. The highest BCUT2D eigenvalue weighted by atomic mass is 127. The van der Waals surface area contributed by atoms with Crippen molar-refractivity contribution in [3.8, 4) is 0 Å². The molecule has 1 saturated heterocycles. The number of guanidine groups is 1. The van der Waals surface area contributed by atoms with Gasteiger partial charge in [0.1, 0.15) is 5.60 Å². The van der Waals surface area contributed by atoms with Crippen LogP contribution in [0, 0.1) is 0 Å². The molecular formula is C15H22IN5OS2. The van der Waals surface area contributed by atoms with E-state index in [1.165, 1.54) is 0 Å². The lowest BCUT2D eigenvalue weighted by molar-refractivity contribution is 0.0675. The van der Waals surface area contributed by atoms with Crippen molar-refractivity contribution in [1.82, 2.24) is 9.88 Å². The van der Waals surface area contributed by atoms with Crippen molar-refractivity contribution in [3.05, 3.63) is 34.0 Å². The third-order valence-corrected chi connectivity index (χ3v) is 5.50. The lowest BCUT2D eigenvalue weighted by Crippen LogP contribution is -2.51. The summed E-state index contributed by atoms with van der Waals surface area (Å²) < 4.78 is 0. The molecule has 132 valence electrons. The van der Waals surface area contributed by atoms with Crippen LogP contribution in [-0.4, -0.2) is 53.7 Å². The summed E-state index contributed by atoms with van der Waals surface area (Å²) in [5, 5.41) is 17.4. The van der Waals surface area contributed by atoms with Gasteiger partial charge in [0, 0.05) is 37.8 Å². The second-order valence-electron chi connectivity index (χ2n) is 5.75. The zero-order valence-corrected chi connectivity index (χ0v) is 17.4. The Hall–Kier alpha value is -0.910. The molecule has 0 spiro atoms. The van der Waals surface area contributed by atoms with Gasteiger partial charge < -0.3 is 20.6 Å². The van der Waals surface area contributed by atoms with E-state index >= 15 is 0 Å². The van der Waals surface area contributed by atoms with E-state index < -0.39 is 5.60 Å². The molecule has 9 heteroatoms. The molecule has 24 heavy (non-hydrogen) atoms. The standard InChI is InChI=1S/C15H21N5OS2.HI/c1-15(21,12-2-8-22-10-12)11-18-13(16)19-4-6-20(7-5-19)14-17-3-9-23-14;/h2-3,8-10,21H,4-7,11H2,1H3,(H2,16,18);1H. The van der Waals surface area contributed by atoms with Gasteiger partial charge in [-0.15, -0.1) is 35.3 Å². The van der Waals surface area contributed by atoms with Crippen LogP contribution >= 0.6 is 46.7 Å². The van der Waals surface area contributed by atoms with Crippen molar-refractivity contribution < 1.29 is 5.11 Å². The van der Waals surface area contributed by atoms with Crippen molar-refractivity contribution in [2.75, 3.05) is 37.6 Å². The Morgan fingerprint density at radius 3 is 2.71 bits per heavy atom. The van der Waals surface area contributed by atoms with Crippen LogP contribution in [0.25, 0.3) is 0 Å². The van der Waals surface area contributed by atoms with Crippen LogP contribution < -0.4 is 10.6 Å². The first-order chi connectivity index (χ1) is 11.1. The molecule has 1 fully saturated rings. The average Bonchev–Trinajstić information content (AvgIpc) is 3.26. The van der Waals surface area contributed by atoms with Crippen LogP contribution in [0.1, 0.15) is 12.5 Å². The normalized spacial score (nSPS) is 18.2. The van der Waals surface area contributed by atoms with Crippen LogP contribution in [0.5, 0.6) is 0 Å². The molecule has 3 rings (SSSR count). The number of anilines is 1. The van der Waals surface area contributed by atoms with E-state index in [9.17, 15) is 5.11 Å². The van der Waals surface area contributed by atoms with Crippen molar-refractivity contribution >= 4 is 57.7 Å². The van der Waals surface area contributed by atoms with Gasteiger partial charge in [0.25, 0.3) is 0 Å². The average molecular weight is 479 g/mol. The minimum absolute atomic E-state index is 0. The van der Waals surface area contributed by atoms with Crippen molar-refractivity contribution in [1.29, 1.82) is 0 Å². The summed E-state index contributed by atoms with van der Waals surface area (Å²) in [5.74, 6) is 0.499. The molecule has 1 unspecified atom stereocenters. The number of aliphatic hydroxyl groups is 1. The molecule has 0 amide bonds. The number of hydrogen-bond donors (Lipinski definition) is 2. The smallest absolute Gasteiger partial charge is 0.191 e. The number of piperazine rings is 1. The molecule has 1 aliphatic rings. The fraction of sp³-hybridized carbons (Fsp3) is 0.467. The number of nitrogens with two attached hydrogens (primary N) is 1. The Labute approximate surface area is 167 Å². The zero-order valence-electron chi connectivity index (χ0n) is 13.5. The maximum Gasteiger partial charge on any atom is 0.191 e. The summed E-state index contributed by atoms with van der Waals surface area (Å²) in [6.45, 7) is 5.43. The van der Waals surface area contributed by atoms with Gasteiger partial charge in [-0.2, -0.15) is 11.3 Å². The number of rotatable bonds is 4. The molecule has 2 aromatic heterocycles. The second kappa shape index (κ2) is 8.45. The van der Waals surface area contributed by atoms with Gasteiger partial charge in [-0.05, 0) is 29.3 Å². The van der Waals surface area contributed by atoms with Crippen LogP contribution in [0.2, 0.25) is 0 Å². The van der Waals surface area contributed by atoms with Crippen LogP contribution in [-0.2, 0) is 5.60 Å². The summed E-state index contributed by atoms with van der Waals surface area (Å²) >= 11 is 3.22. The van der Waals surface area contributed by atoms with Gasteiger partial charge in [-0.1, -0.05) is 0 Å². The molecule has 1 aliphatic heterocycles. The number of hydrogen-bond acceptors (Lipinski definition) is 6. The fourth-order valence-corrected chi connectivity index (χ4v) is 3.98. The highest BCUT2D eigenvalue weighted by Crippen LogP contribution is 2.23. The molecule has 6 nitrogen and oxygen atoms in total. The van der Waals surface area contributed by atoms with Crippen molar-refractivity contribution in [3.63, 3.8) is 0 Å². The van der Waals surface area contributed by atoms with Gasteiger partial charge in [0.05, 0.1) is 6.54 Å². The zero-order chi connectivity index (χ0) is 16.3. The highest BCUT2D eigenvalue weighted by Gasteiger charge is 2.24. The molecule has 3 N–H and O–H groups in total. The minimum atomic E-state index is -0.979. The van der Waals surface area contributed by atoms with Crippen LogP contribution in [0.4, 0.5) is 5.13 Å². The third kappa shape index (κ3) is 4.58. The Kier molecular flexibility index (Phi) is 6.84. The topological polar surface area (TPSA) is 78.0 Å². The van der Waals surface area contributed by atoms with E-state index in [4.69, 9.17) is 5.73 Å². The van der Waals surface area contributed by atoms with E-state index in [1.807, 2.05) is 28.4 Å². The van der Waals surface area contributed by atoms with Crippen LogP contribution in [0.15, 0.2) is 33.4 Å². The van der Waals surface area contributed by atoms with Crippen molar-refractivity contribution in [2.45, 2.75) is 12.5 Å². The Morgan fingerprint density at radius 1 is 1.38 bits per heavy atom. The first-order valence-corrected chi connectivity index (χ1v) is 9.33. The first-order valence-electron chi connectivity index (χ1n) is 7.50. The Morgan fingerprint density at radius 2 is 2.12 bits per heavy atom. The fourth-order valence-electron chi connectivity index (χ4n) is 2.50. The maximum atomic E-state index is 10.5. The first kappa shape index (κ1) is 19.4. The number of aliphatic imine (C=N–C) groups is 1. The van der Waals surface area contributed by atoms with Gasteiger partial charge >= 0.3 is 0 Å². The van der Waals surface area contributed by atoms with Gasteiger partial charge in [-0.3, -0.25) is 0 Å². The van der Waals surface area contributed by atoms with E-state index in [-0.39, 0.29) is 30.5 Å². The Bertz CT molecular complexity index is 637. The predicted molar refractivity (Wildman–Crippen MR) is 112 cm³/mol. The summed E-state index contributed by atoms with van der Waals surface area (Å²) in [7, 11) is 0. The monoisotopic (exact) mass is 479 g/mol. The van der Waals surface area contributed by atoms with Gasteiger partial charge in [0.15, 0.2) is 11.1 Å². The molecular weight excluding hydrogens is 457 g/mol. The molecule has 0 bridgehead atoms. The van der Waals surface area contributed by atoms with Gasteiger partial charge in [0.2, 0.25) is 0 Å². The minimum Gasteiger partial charge on any atom is -0.383 e. The van der Waals surface area contributed by atoms with E-state index in [2.05, 4.69) is 19.8 Å². The van der Waals surface area contributed by atoms with E-state index in [1.54, 1.807) is 29.6 Å².